The molecule has 0 atom stereocenters. The van der Waals surface area contributed by atoms with E-state index >= 15 is 0 Å². The van der Waals surface area contributed by atoms with Crippen molar-refractivity contribution in [2.45, 2.75) is 20.8 Å². The zero-order valence-corrected chi connectivity index (χ0v) is 10.7. The summed E-state index contributed by atoms with van der Waals surface area (Å²) in [5.74, 6) is -1.29. The van der Waals surface area contributed by atoms with Gasteiger partial charge in [0.2, 0.25) is 0 Å². The van der Waals surface area contributed by atoms with Crippen LogP contribution in [0.25, 0.3) is 0 Å². The predicted molar refractivity (Wildman–Crippen MR) is 58.5 cm³/mol. The molecule has 0 aliphatic rings. The first kappa shape index (κ1) is 16.2. The third kappa shape index (κ3) is 5.31. The lowest BCUT2D eigenvalue weighted by Gasteiger charge is -2.14. The summed E-state index contributed by atoms with van der Waals surface area (Å²) >= 11 is -1.43. The molecule has 0 aromatic heterocycles. The summed E-state index contributed by atoms with van der Waals surface area (Å²) in [4.78, 5) is -1.50. The highest BCUT2D eigenvalue weighted by molar-refractivity contribution is 8.01. The molecule has 0 spiro atoms. The standard InChI is InChI=1S/C9H6F6O2S2/c1-17-4-2-5(18-8(10,11)12)7(16)6(3-4)19-9(13,14)15/h2-3,16H,1H3. The zero-order valence-electron chi connectivity index (χ0n) is 9.09. The lowest BCUT2D eigenvalue weighted by Crippen LogP contribution is -2.02. The van der Waals surface area contributed by atoms with Crippen molar-refractivity contribution in [3.8, 4) is 11.5 Å². The number of ether oxygens (including phenoxy) is 1. The van der Waals surface area contributed by atoms with Crippen LogP contribution in [0.3, 0.4) is 0 Å². The fraction of sp³-hybridized carbons (Fsp3) is 0.333. The Balaban J connectivity index is 3.21. The fourth-order valence-electron chi connectivity index (χ4n) is 1.08. The quantitative estimate of drug-likeness (QED) is 0.649. The average molecular weight is 324 g/mol. The highest BCUT2D eigenvalue weighted by Gasteiger charge is 2.35. The highest BCUT2D eigenvalue weighted by Crippen LogP contribution is 2.49. The van der Waals surface area contributed by atoms with Gasteiger partial charge in [0.05, 0.1) is 16.9 Å². The van der Waals surface area contributed by atoms with E-state index in [0.29, 0.717) is 0 Å². The Bertz CT molecular complexity index is 420. The van der Waals surface area contributed by atoms with Gasteiger partial charge in [0.25, 0.3) is 0 Å². The van der Waals surface area contributed by atoms with Crippen molar-refractivity contribution in [1.29, 1.82) is 0 Å². The van der Waals surface area contributed by atoms with Crippen molar-refractivity contribution in [1.82, 2.24) is 0 Å². The van der Waals surface area contributed by atoms with Crippen LogP contribution >= 0.6 is 23.5 Å². The summed E-state index contributed by atoms with van der Waals surface area (Å²) in [5.41, 5.74) is -9.46. The van der Waals surface area contributed by atoms with Gasteiger partial charge in [0.15, 0.2) is 0 Å². The third-order valence-corrected chi connectivity index (χ3v) is 3.23. The van der Waals surface area contributed by atoms with Gasteiger partial charge in [-0.1, -0.05) is 0 Å². The first-order chi connectivity index (χ1) is 8.52. The molecule has 0 saturated carbocycles. The number of hydrogen-bond acceptors (Lipinski definition) is 4. The monoisotopic (exact) mass is 324 g/mol. The summed E-state index contributed by atoms with van der Waals surface area (Å²) in [6.45, 7) is 0. The lowest BCUT2D eigenvalue weighted by molar-refractivity contribution is -0.0334. The summed E-state index contributed by atoms with van der Waals surface area (Å²) in [6.07, 6.45) is 0. The first-order valence-corrected chi connectivity index (χ1v) is 6.07. The molecular formula is C9H6F6O2S2. The van der Waals surface area contributed by atoms with E-state index in [0.717, 1.165) is 19.2 Å². The molecule has 1 rings (SSSR count). The minimum absolute atomic E-state index is 0.212. The minimum Gasteiger partial charge on any atom is -0.506 e. The molecule has 0 radical (unpaired) electrons. The summed E-state index contributed by atoms with van der Waals surface area (Å²) in [7, 11) is 1.09. The number of alkyl halides is 6. The number of phenolic OH excluding ortho intramolecular Hbond substituents is 1. The van der Waals surface area contributed by atoms with Crippen LogP contribution in [0.4, 0.5) is 26.3 Å². The topological polar surface area (TPSA) is 29.5 Å². The number of halogens is 6. The second kappa shape index (κ2) is 5.61. The minimum atomic E-state index is -4.73. The van der Waals surface area contributed by atoms with E-state index in [9.17, 15) is 31.4 Å². The number of rotatable bonds is 3. The van der Waals surface area contributed by atoms with Gasteiger partial charge >= 0.3 is 11.0 Å². The highest BCUT2D eigenvalue weighted by atomic mass is 32.2. The molecule has 0 saturated heterocycles. The number of benzene rings is 1. The zero-order chi connectivity index (χ0) is 14.8. The van der Waals surface area contributed by atoms with Crippen molar-refractivity contribution in [3.05, 3.63) is 12.1 Å². The summed E-state index contributed by atoms with van der Waals surface area (Å²) in [5, 5.41) is 9.44. The average Bonchev–Trinajstić information content (AvgIpc) is 2.19. The lowest BCUT2D eigenvalue weighted by atomic mass is 10.3. The largest absolute Gasteiger partial charge is 0.506 e. The van der Waals surface area contributed by atoms with Gasteiger partial charge in [-0.15, -0.1) is 0 Å². The van der Waals surface area contributed by atoms with Crippen LogP contribution < -0.4 is 4.74 Å². The number of phenols is 1. The second-order valence-electron chi connectivity index (χ2n) is 3.07. The van der Waals surface area contributed by atoms with Crippen LogP contribution in [0.5, 0.6) is 11.5 Å². The Kier molecular flexibility index (Phi) is 4.77. The van der Waals surface area contributed by atoms with E-state index in [4.69, 9.17) is 0 Å². The molecule has 108 valence electrons. The van der Waals surface area contributed by atoms with Crippen molar-refractivity contribution in [3.63, 3.8) is 0 Å². The number of hydrogen-bond donors (Lipinski definition) is 1. The molecular weight excluding hydrogens is 318 g/mol. The van der Waals surface area contributed by atoms with Crippen molar-refractivity contribution >= 4 is 23.5 Å². The van der Waals surface area contributed by atoms with Crippen LogP contribution in [-0.4, -0.2) is 23.2 Å². The van der Waals surface area contributed by atoms with Crippen molar-refractivity contribution in [2.24, 2.45) is 0 Å². The number of aromatic hydroxyl groups is 1. The Labute approximate surface area is 112 Å². The van der Waals surface area contributed by atoms with E-state index in [1.165, 1.54) is 0 Å². The van der Waals surface area contributed by atoms with Gasteiger partial charge in [-0.05, 0) is 35.7 Å². The second-order valence-corrected chi connectivity index (χ2v) is 5.28. The smallest absolute Gasteiger partial charge is 0.446 e. The van der Waals surface area contributed by atoms with Crippen LogP contribution in [-0.2, 0) is 0 Å². The molecule has 0 aliphatic carbocycles. The van der Waals surface area contributed by atoms with Gasteiger partial charge < -0.3 is 9.84 Å². The molecule has 0 bridgehead atoms. The van der Waals surface area contributed by atoms with Crippen LogP contribution in [0.1, 0.15) is 0 Å². The summed E-state index contributed by atoms with van der Waals surface area (Å²) in [6, 6.07) is 1.63. The first-order valence-electron chi connectivity index (χ1n) is 4.44. The maximum absolute atomic E-state index is 12.2. The Morgan fingerprint density at radius 1 is 0.947 bits per heavy atom. The van der Waals surface area contributed by atoms with E-state index in [1.807, 2.05) is 0 Å². The molecule has 0 heterocycles. The molecule has 0 fully saturated rings. The molecule has 0 unspecified atom stereocenters. The van der Waals surface area contributed by atoms with E-state index in [-0.39, 0.29) is 5.75 Å². The molecule has 0 amide bonds. The van der Waals surface area contributed by atoms with E-state index in [2.05, 4.69) is 4.74 Å². The molecule has 10 heteroatoms. The molecule has 1 aromatic carbocycles. The van der Waals surface area contributed by atoms with Gasteiger partial charge in [-0.3, -0.25) is 0 Å². The normalized spacial score (nSPS) is 12.6. The Morgan fingerprint density at radius 2 is 1.32 bits per heavy atom. The van der Waals surface area contributed by atoms with Crippen LogP contribution in [0.15, 0.2) is 21.9 Å². The molecule has 19 heavy (non-hydrogen) atoms. The maximum atomic E-state index is 12.2. The Morgan fingerprint density at radius 3 is 1.58 bits per heavy atom. The molecule has 2 nitrogen and oxygen atoms in total. The van der Waals surface area contributed by atoms with Crippen LogP contribution in [0.2, 0.25) is 0 Å². The Hall–Kier alpha value is -0.900. The fourth-order valence-corrected chi connectivity index (χ4v) is 2.41. The van der Waals surface area contributed by atoms with Crippen molar-refractivity contribution < 1.29 is 36.2 Å². The maximum Gasteiger partial charge on any atom is 0.446 e. The number of methoxy groups -OCH3 is 1. The van der Waals surface area contributed by atoms with E-state index < -0.39 is 50.1 Å². The van der Waals surface area contributed by atoms with Gasteiger partial charge in [0.1, 0.15) is 11.5 Å². The summed E-state index contributed by atoms with van der Waals surface area (Å²) < 4.78 is 77.9. The van der Waals surface area contributed by atoms with Crippen LogP contribution in [0, 0.1) is 0 Å². The predicted octanol–water partition coefficient (Wildman–Crippen LogP) is 4.62. The molecule has 1 N–H and O–H groups in total. The van der Waals surface area contributed by atoms with Gasteiger partial charge in [-0.25, -0.2) is 0 Å². The van der Waals surface area contributed by atoms with Gasteiger partial charge in [0, 0.05) is 0 Å². The molecule has 1 aromatic rings. The number of thioether (sulfide) groups is 2. The van der Waals surface area contributed by atoms with Crippen molar-refractivity contribution in [2.75, 3.05) is 7.11 Å². The SMILES string of the molecule is COc1cc(SC(F)(F)F)c(O)c(SC(F)(F)F)c1. The van der Waals surface area contributed by atoms with E-state index in [1.54, 1.807) is 0 Å². The third-order valence-electron chi connectivity index (χ3n) is 1.70. The molecule has 0 aliphatic heterocycles. The van der Waals surface area contributed by atoms with Gasteiger partial charge in [-0.2, -0.15) is 26.3 Å².